The number of nitrogens with one attached hydrogen (secondary N) is 1. The molecule has 1 aliphatic rings. The van der Waals surface area contributed by atoms with E-state index in [-0.39, 0.29) is 35.5 Å². The summed E-state index contributed by atoms with van der Waals surface area (Å²) in [4.78, 5) is 38.1. The fraction of sp³-hybridized carbons (Fsp3) is 0.389. The summed E-state index contributed by atoms with van der Waals surface area (Å²) in [5.74, 6) is -1.73. The molecule has 0 radical (unpaired) electrons. The third-order valence-corrected chi connectivity index (χ3v) is 4.19. The fourth-order valence-corrected chi connectivity index (χ4v) is 2.75. The molecule has 27 heavy (non-hydrogen) atoms. The van der Waals surface area contributed by atoms with Crippen molar-refractivity contribution in [3.8, 4) is 0 Å². The van der Waals surface area contributed by atoms with E-state index in [1.54, 1.807) is 12.1 Å². The number of benzene rings is 1. The summed E-state index contributed by atoms with van der Waals surface area (Å²) in [6, 6.07) is 4.64. The van der Waals surface area contributed by atoms with Crippen molar-refractivity contribution in [3.05, 3.63) is 40.1 Å². The van der Waals surface area contributed by atoms with Gasteiger partial charge in [0.25, 0.3) is 5.91 Å². The van der Waals surface area contributed by atoms with Crippen molar-refractivity contribution in [1.82, 2.24) is 5.32 Å². The lowest BCUT2D eigenvalue weighted by atomic mass is 10.1. The van der Waals surface area contributed by atoms with E-state index in [4.69, 9.17) is 25.8 Å². The Morgan fingerprint density at radius 2 is 1.93 bits per heavy atom. The normalized spacial score (nSPS) is 14.0. The number of ether oxygens (including phenoxy) is 3. The van der Waals surface area contributed by atoms with Crippen LogP contribution in [-0.4, -0.2) is 51.9 Å². The van der Waals surface area contributed by atoms with Crippen LogP contribution >= 0.6 is 11.6 Å². The molecule has 1 heterocycles. The average Bonchev–Trinajstić information content (AvgIpc) is 2.70. The number of nitrogens with zero attached hydrogens (tertiary/aromatic N) is 1. The number of amides is 1. The first-order valence-corrected chi connectivity index (χ1v) is 8.65. The molecule has 1 amide bonds. The van der Waals surface area contributed by atoms with Crippen molar-refractivity contribution in [2.24, 2.45) is 0 Å². The molecule has 1 aromatic rings. The van der Waals surface area contributed by atoms with Gasteiger partial charge >= 0.3 is 11.9 Å². The van der Waals surface area contributed by atoms with Crippen molar-refractivity contribution in [2.45, 2.75) is 13.3 Å². The van der Waals surface area contributed by atoms with Crippen LogP contribution in [0.3, 0.4) is 0 Å². The number of anilines is 1. The molecule has 1 aromatic carbocycles. The first-order chi connectivity index (χ1) is 12.9. The van der Waals surface area contributed by atoms with Gasteiger partial charge in [-0.2, -0.15) is 0 Å². The molecule has 8 nitrogen and oxygen atoms in total. The van der Waals surface area contributed by atoms with Crippen LogP contribution in [0.2, 0.25) is 5.02 Å². The van der Waals surface area contributed by atoms with E-state index >= 15 is 0 Å². The average molecular weight is 397 g/mol. The molecule has 0 saturated heterocycles. The van der Waals surface area contributed by atoms with Crippen LogP contribution in [0.1, 0.15) is 23.7 Å². The molecular formula is C18H21ClN2O6. The van der Waals surface area contributed by atoms with Gasteiger partial charge in [-0.25, -0.2) is 9.59 Å². The molecule has 0 aromatic heterocycles. The molecule has 2 rings (SSSR count). The van der Waals surface area contributed by atoms with Gasteiger partial charge in [-0.05, 0) is 24.6 Å². The van der Waals surface area contributed by atoms with Crippen molar-refractivity contribution in [2.75, 3.05) is 39.0 Å². The van der Waals surface area contributed by atoms with Gasteiger partial charge < -0.3 is 24.4 Å². The predicted octanol–water partition coefficient (Wildman–Crippen LogP) is 1.87. The molecule has 9 heteroatoms. The first-order valence-electron chi connectivity index (χ1n) is 8.27. The summed E-state index contributed by atoms with van der Waals surface area (Å²) < 4.78 is 15.0. The second-order valence-corrected chi connectivity index (χ2v) is 6.05. The highest BCUT2D eigenvalue weighted by Crippen LogP contribution is 2.33. The number of hydrogen-bond acceptors (Lipinski definition) is 7. The highest BCUT2D eigenvalue weighted by Gasteiger charge is 2.33. The SMILES string of the molecule is CCCNC(=O)c1ccc(Cl)c(N2COCC(C(=O)OC)=C2C(=O)OC)c1. The number of halogens is 1. The van der Waals surface area contributed by atoms with Gasteiger partial charge in [-0.15, -0.1) is 0 Å². The van der Waals surface area contributed by atoms with Crippen LogP contribution in [0, 0.1) is 0 Å². The van der Waals surface area contributed by atoms with Gasteiger partial charge in [0.2, 0.25) is 0 Å². The van der Waals surface area contributed by atoms with Crippen molar-refractivity contribution < 1.29 is 28.6 Å². The monoisotopic (exact) mass is 396 g/mol. The summed E-state index contributed by atoms with van der Waals surface area (Å²) in [7, 11) is 2.41. The largest absolute Gasteiger partial charge is 0.466 e. The number of rotatable bonds is 6. The van der Waals surface area contributed by atoms with E-state index in [0.717, 1.165) is 6.42 Å². The van der Waals surface area contributed by atoms with Crippen LogP contribution in [0.25, 0.3) is 0 Å². The number of carbonyl (C=O) groups is 3. The smallest absolute Gasteiger partial charge is 0.355 e. The zero-order valence-electron chi connectivity index (χ0n) is 15.3. The molecule has 0 fully saturated rings. The molecule has 1 N–H and O–H groups in total. The van der Waals surface area contributed by atoms with Crippen LogP contribution in [0.15, 0.2) is 29.5 Å². The highest BCUT2D eigenvalue weighted by molar-refractivity contribution is 6.33. The number of hydrogen-bond donors (Lipinski definition) is 1. The van der Waals surface area contributed by atoms with E-state index in [9.17, 15) is 14.4 Å². The Kier molecular flexibility index (Phi) is 7.20. The van der Waals surface area contributed by atoms with Crippen LogP contribution in [0.4, 0.5) is 5.69 Å². The van der Waals surface area contributed by atoms with Crippen molar-refractivity contribution >= 4 is 35.1 Å². The molecule has 146 valence electrons. The maximum absolute atomic E-state index is 12.3. The van der Waals surface area contributed by atoms with Gasteiger partial charge in [-0.1, -0.05) is 18.5 Å². The quantitative estimate of drug-likeness (QED) is 0.733. The summed E-state index contributed by atoms with van der Waals surface area (Å²) >= 11 is 6.29. The van der Waals surface area contributed by atoms with Crippen molar-refractivity contribution in [1.29, 1.82) is 0 Å². The Balaban J connectivity index is 2.52. The minimum absolute atomic E-state index is 0.00695. The molecule has 0 saturated carbocycles. The van der Waals surface area contributed by atoms with Crippen LogP contribution in [0.5, 0.6) is 0 Å². The Labute approximate surface area is 162 Å². The molecule has 1 aliphatic heterocycles. The summed E-state index contributed by atoms with van der Waals surface area (Å²) in [5, 5.41) is 3.05. The number of esters is 2. The third kappa shape index (κ3) is 4.58. The maximum Gasteiger partial charge on any atom is 0.355 e. The lowest BCUT2D eigenvalue weighted by Gasteiger charge is -2.32. The second-order valence-electron chi connectivity index (χ2n) is 5.64. The molecular weight excluding hydrogens is 376 g/mol. The molecule has 0 aliphatic carbocycles. The van der Waals surface area contributed by atoms with E-state index < -0.39 is 11.9 Å². The van der Waals surface area contributed by atoms with E-state index in [1.807, 2.05) is 6.92 Å². The molecule has 0 atom stereocenters. The van der Waals surface area contributed by atoms with Gasteiger partial charge in [0.05, 0.1) is 37.1 Å². The minimum atomic E-state index is -0.740. The summed E-state index contributed by atoms with van der Waals surface area (Å²) in [5.41, 5.74) is 0.663. The Hall–Kier alpha value is -2.58. The van der Waals surface area contributed by atoms with E-state index in [1.165, 1.54) is 25.2 Å². The van der Waals surface area contributed by atoms with E-state index in [0.29, 0.717) is 17.8 Å². The Bertz CT molecular complexity index is 777. The fourth-order valence-electron chi connectivity index (χ4n) is 2.54. The number of methoxy groups -OCH3 is 2. The minimum Gasteiger partial charge on any atom is -0.466 e. The van der Waals surface area contributed by atoms with Crippen molar-refractivity contribution in [3.63, 3.8) is 0 Å². The van der Waals surface area contributed by atoms with Gasteiger partial charge in [-0.3, -0.25) is 4.79 Å². The van der Waals surface area contributed by atoms with E-state index in [2.05, 4.69) is 5.32 Å². The maximum atomic E-state index is 12.3. The second kappa shape index (κ2) is 9.38. The molecule has 0 unspecified atom stereocenters. The predicted molar refractivity (Wildman–Crippen MR) is 98.4 cm³/mol. The van der Waals surface area contributed by atoms with Gasteiger partial charge in [0, 0.05) is 12.1 Å². The Morgan fingerprint density at radius 3 is 2.56 bits per heavy atom. The third-order valence-electron chi connectivity index (χ3n) is 3.87. The van der Waals surface area contributed by atoms with Crippen LogP contribution < -0.4 is 10.2 Å². The first kappa shape index (κ1) is 20.7. The van der Waals surface area contributed by atoms with Crippen LogP contribution in [-0.2, 0) is 23.8 Å². The zero-order valence-corrected chi connectivity index (χ0v) is 16.1. The standard InChI is InChI=1S/C18H21ClN2O6/c1-4-7-20-16(22)11-5-6-13(19)14(8-11)21-10-27-9-12(17(23)25-2)15(21)18(24)26-3/h5-6,8H,4,7,9-10H2,1-3H3,(H,20,22). The lowest BCUT2D eigenvalue weighted by Crippen LogP contribution is -2.39. The summed E-state index contributed by atoms with van der Waals surface area (Å²) in [6.07, 6.45) is 0.796. The van der Waals surface area contributed by atoms with Gasteiger partial charge in [0.1, 0.15) is 12.4 Å². The molecule has 0 spiro atoms. The zero-order chi connectivity index (χ0) is 20.0. The highest BCUT2D eigenvalue weighted by atomic mass is 35.5. The Morgan fingerprint density at radius 1 is 1.22 bits per heavy atom. The number of carbonyl (C=O) groups excluding carboxylic acids is 3. The molecule has 0 bridgehead atoms. The lowest BCUT2D eigenvalue weighted by molar-refractivity contribution is -0.140. The topological polar surface area (TPSA) is 94.2 Å². The van der Waals surface area contributed by atoms with Gasteiger partial charge in [0.15, 0.2) is 0 Å². The summed E-state index contributed by atoms with van der Waals surface area (Å²) in [6.45, 7) is 2.32.